The van der Waals surface area contributed by atoms with E-state index in [2.05, 4.69) is 30.8 Å². The van der Waals surface area contributed by atoms with Crippen LogP contribution < -0.4 is 9.64 Å². The number of aromatic nitrogens is 2. The Morgan fingerprint density at radius 3 is 3.12 bits per heavy atom. The van der Waals surface area contributed by atoms with E-state index in [1.54, 1.807) is 6.33 Å². The van der Waals surface area contributed by atoms with Gasteiger partial charge in [0.2, 0.25) is 5.88 Å². The van der Waals surface area contributed by atoms with Crippen LogP contribution in [0.5, 0.6) is 5.88 Å². The van der Waals surface area contributed by atoms with Crippen LogP contribution in [0.15, 0.2) is 12.4 Å². The van der Waals surface area contributed by atoms with Crippen LogP contribution in [-0.2, 0) is 0 Å². The fraction of sp³-hybridized carbons (Fsp3) is 0.667. The summed E-state index contributed by atoms with van der Waals surface area (Å²) in [5.41, 5.74) is 0. The molecule has 0 N–H and O–H groups in total. The largest absolute Gasteiger partial charge is 0.478 e. The summed E-state index contributed by atoms with van der Waals surface area (Å²) in [6.07, 6.45) is 5.34. The van der Waals surface area contributed by atoms with Crippen LogP contribution in [0.3, 0.4) is 0 Å². The van der Waals surface area contributed by atoms with Gasteiger partial charge in [-0.25, -0.2) is 9.97 Å². The first-order valence-electron chi connectivity index (χ1n) is 6.12. The fourth-order valence-corrected chi connectivity index (χ4v) is 2.85. The van der Waals surface area contributed by atoms with E-state index >= 15 is 0 Å². The van der Waals surface area contributed by atoms with Crippen molar-refractivity contribution in [2.45, 2.75) is 32.2 Å². The first-order chi connectivity index (χ1) is 8.35. The fourth-order valence-electron chi connectivity index (χ4n) is 2.18. The Labute approximate surface area is 111 Å². The number of alkyl halides is 1. The maximum Gasteiger partial charge on any atom is 0.218 e. The van der Waals surface area contributed by atoms with Crippen molar-refractivity contribution in [3.05, 3.63) is 12.4 Å². The first-order valence-corrected chi connectivity index (χ1v) is 7.24. The Hall–Kier alpha value is -0.840. The third-order valence-electron chi connectivity index (χ3n) is 3.02. The number of anilines is 1. The second kappa shape index (κ2) is 6.19. The minimum absolute atomic E-state index is 0.535. The van der Waals surface area contributed by atoms with Crippen molar-refractivity contribution in [2.75, 3.05) is 23.4 Å². The highest BCUT2D eigenvalue weighted by Crippen LogP contribution is 2.25. The number of nitrogens with zero attached hydrogens (tertiary/aromatic N) is 3. The summed E-state index contributed by atoms with van der Waals surface area (Å²) < 4.78 is 5.42. The average molecular weight is 300 g/mol. The van der Waals surface area contributed by atoms with Gasteiger partial charge in [-0.2, -0.15) is 0 Å². The van der Waals surface area contributed by atoms with Crippen molar-refractivity contribution in [3.8, 4) is 5.88 Å². The van der Waals surface area contributed by atoms with E-state index < -0.39 is 0 Å². The molecule has 1 aromatic heterocycles. The molecule has 1 saturated heterocycles. The van der Waals surface area contributed by atoms with Crippen LogP contribution in [0.2, 0.25) is 0 Å². The molecule has 0 saturated carbocycles. The molecule has 0 amide bonds. The summed E-state index contributed by atoms with van der Waals surface area (Å²) in [4.78, 5) is 10.8. The van der Waals surface area contributed by atoms with Crippen LogP contribution in [0, 0.1) is 0 Å². The first kappa shape index (κ1) is 12.6. The van der Waals surface area contributed by atoms with Gasteiger partial charge in [-0.15, -0.1) is 0 Å². The standard InChI is InChI=1S/C12H18BrN3O/c1-2-17-12-7-11(14-9-15-12)16-6-4-3-5-10(16)8-13/h7,9-10H,2-6,8H2,1H3. The Morgan fingerprint density at radius 1 is 1.47 bits per heavy atom. The molecular formula is C12H18BrN3O. The van der Waals surface area contributed by atoms with Crippen LogP contribution in [0.1, 0.15) is 26.2 Å². The molecule has 0 bridgehead atoms. The number of hydrogen-bond acceptors (Lipinski definition) is 4. The molecule has 0 aliphatic carbocycles. The van der Waals surface area contributed by atoms with Gasteiger partial charge in [-0.1, -0.05) is 15.9 Å². The number of ether oxygens (including phenoxy) is 1. The molecule has 1 unspecified atom stereocenters. The van der Waals surface area contributed by atoms with Crippen molar-refractivity contribution in [1.82, 2.24) is 9.97 Å². The Morgan fingerprint density at radius 2 is 2.35 bits per heavy atom. The number of rotatable bonds is 4. The summed E-state index contributed by atoms with van der Waals surface area (Å²) in [5, 5.41) is 0.987. The maximum atomic E-state index is 5.42. The van der Waals surface area contributed by atoms with Crippen molar-refractivity contribution >= 4 is 21.7 Å². The molecule has 1 atom stereocenters. The summed E-state index contributed by atoms with van der Waals surface area (Å²) >= 11 is 3.58. The molecule has 0 spiro atoms. The van der Waals surface area contributed by atoms with E-state index in [1.807, 2.05) is 13.0 Å². The lowest BCUT2D eigenvalue weighted by atomic mass is 10.0. The highest BCUT2D eigenvalue weighted by molar-refractivity contribution is 9.09. The summed E-state index contributed by atoms with van der Waals surface area (Å²) in [5.74, 6) is 1.64. The summed E-state index contributed by atoms with van der Waals surface area (Å²) in [6, 6.07) is 2.47. The molecule has 0 radical (unpaired) electrons. The van der Waals surface area contributed by atoms with Gasteiger partial charge >= 0.3 is 0 Å². The number of piperidine rings is 1. The Bertz CT molecular complexity index is 361. The van der Waals surface area contributed by atoms with Gasteiger partial charge in [0, 0.05) is 24.0 Å². The number of halogens is 1. The zero-order valence-electron chi connectivity index (χ0n) is 10.1. The van der Waals surface area contributed by atoms with Crippen LogP contribution in [0.25, 0.3) is 0 Å². The molecule has 1 fully saturated rings. The average Bonchev–Trinajstić information content (AvgIpc) is 2.39. The lowest BCUT2D eigenvalue weighted by Crippen LogP contribution is -2.41. The zero-order chi connectivity index (χ0) is 12.1. The van der Waals surface area contributed by atoms with Gasteiger partial charge < -0.3 is 9.64 Å². The molecule has 5 heteroatoms. The minimum Gasteiger partial charge on any atom is -0.478 e. The topological polar surface area (TPSA) is 38.2 Å². The van der Waals surface area contributed by atoms with Gasteiger partial charge in [0.25, 0.3) is 0 Å². The molecule has 17 heavy (non-hydrogen) atoms. The predicted octanol–water partition coefficient (Wildman–Crippen LogP) is 2.63. The molecule has 2 rings (SSSR count). The van der Waals surface area contributed by atoms with E-state index in [0.29, 0.717) is 18.5 Å². The molecular weight excluding hydrogens is 282 g/mol. The molecule has 1 aliphatic rings. The van der Waals surface area contributed by atoms with E-state index in [1.165, 1.54) is 19.3 Å². The van der Waals surface area contributed by atoms with Gasteiger partial charge in [-0.05, 0) is 26.2 Å². The van der Waals surface area contributed by atoms with Crippen LogP contribution in [-0.4, -0.2) is 34.5 Å². The van der Waals surface area contributed by atoms with Crippen molar-refractivity contribution < 1.29 is 4.74 Å². The number of hydrogen-bond donors (Lipinski definition) is 0. The van der Waals surface area contributed by atoms with Crippen molar-refractivity contribution in [3.63, 3.8) is 0 Å². The highest BCUT2D eigenvalue weighted by Gasteiger charge is 2.22. The predicted molar refractivity (Wildman–Crippen MR) is 72.0 cm³/mol. The van der Waals surface area contributed by atoms with Crippen LogP contribution in [0.4, 0.5) is 5.82 Å². The Kier molecular flexibility index (Phi) is 4.59. The van der Waals surface area contributed by atoms with Gasteiger partial charge in [-0.3, -0.25) is 0 Å². The van der Waals surface area contributed by atoms with Crippen molar-refractivity contribution in [1.29, 1.82) is 0 Å². The van der Waals surface area contributed by atoms with E-state index in [4.69, 9.17) is 4.74 Å². The third-order valence-corrected chi connectivity index (χ3v) is 3.77. The third kappa shape index (κ3) is 3.09. The molecule has 0 aromatic carbocycles. The van der Waals surface area contributed by atoms with Gasteiger partial charge in [0.1, 0.15) is 12.1 Å². The SMILES string of the molecule is CCOc1cc(N2CCCCC2CBr)ncn1. The summed E-state index contributed by atoms with van der Waals surface area (Å²) in [7, 11) is 0. The van der Waals surface area contributed by atoms with E-state index in [0.717, 1.165) is 17.7 Å². The molecule has 1 aromatic rings. The lowest BCUT2D eigenvalue weighted by Gasteiger charge is -2.35. The summed E-state index contributed by atoms with van der Waals surface area (Å²) in [6.45, 7) is 3.67. The van der Waals surface area contributed by atoms with Crippen molar-refractivity contribution in [2.24, 2.45) is 0 Å². The highest BCUT2D eigenvalue weighted by atomic mass is 79.9. The van der Waals surface area contributed by atoms with Crippen LogP contribution >= 0.6 is 15.9 Å². The quantitative estimate of drug-likeness (QED) is 0.801. The zero-order valence-corrected chi connectivity index (χ0v) is 11.7. The second-order valence-electron chi connectivity index (χ2n) is 4.14. The smallest absolute Gasteiger partial charge is 0.218 e. The van der Waals surface area contributed by atoms with Gasteiger partial charge in [0.05, 0.1) is 6.61 Å². The molecule has 2 heterocycles. The molecule has 1 aliphatic heterocycles. The Balaban J connectivity index is 2.16. The van der Waals surface area contributed by atoms with Gasteiger partial charge in [0.15, 0.2) is 0 Å². The molecule has 4 nitrogen and oxygen atoms in total. The van der Waals surface area contributed by atoms with E-state index in [-0.39, 0.29) is 0 Å². The maximum absolute atomic E-state index is 5.42. The second-order valence-corrected chi connectivity index (χ2v) is 4.79. The minimum atomic E-state index is 0.535. The molecule has 94 valence electrons. The van der Waals surface area contributed by atoms with E-state index in [9.17, 15) is 0 Å². The monoisotopic (exact) mass is 299 g/mol. The lowest BCUT2D eigenvalue weighted by molar-refractivity contribution is 0.326. The normalized spacial score (nSPS) is 20.4.